The molecule has 1 unspecified atom stereocenters. The average Bonchev–Trinajstić information content (AvgIpc) is 3.45. The fourth-order valence-corrected chi connectivity index (χ4v) is 5.06. The number of likely N-dealkylation sites (tertiary alicyclic amines) is 1. The topological polar surface area (TPSA) is 84.5 Å². The molecule has 2 aromatic carbocycles. The number of methoxy groups -OCH3 is 1. The average molecular weight is 486 g/mol. The number of rotatable bonds is 8. The number of nitrogen functional groups attached to an aromatic ring is 1. The normalized spacial score (nSPS) is 15.9. The van der Waals surface area contributed by atoms with E-state index in [0.717, 1.165) is 52.5 Å². The number of para-hydroxylation sites is 1. The lowest BCUT2D eigenvalue weighted by molar-refractivity contribution is 0.335. The van der Waals surface area contributed by atoms with Crippen molar-refractivity contribution < 1.29 is 4.74 Å². The van der Waals surface area contributed by atoms with Gasteiger partial charge < -0.3 is 30.2 Å². The molecule has 8 nitrogen and oxygen atoms in total. The Kier molecular flexibility index (Phi) is 6.69. The second-order valence-corrected chi connectivity index (χ2v) is 9.79. The van der Waals surface area contributed by atoms with E-state index >= 15 is 0 Å². The van der Waals surface area contributed by atoms with Crippen molar-refractivity contribution in [2.45, 2.75) is 13.3 Å². The summed E-state index contributed by atoms with van der Waals surface area (Å²) in [5, 5.41) is 4.47. The molecule has 1 aliphatic heterocycles. The van der Waals surface area contributed by atoms with Crippen LogP contribution in [0.3, 0.4) is 0 Å². The Hall–Kier alpha value is -3.78. The zero-order valence-corrected chi connectivity index (χ0v) is 21.5. The Balaban J connectivity index is 1.36. The van der Waals surface area contributed by atoms with Crippen molar-refractivity contribution in [3.63, 3.8) is 0 Å². The van der Waals surface area contributed by atoms with Crippen LogP contribution in [0.25, 0.3) is 22.2 Å². The molecule has 0 spiro atoms. The summed E-state index contributed by atoms with van der Waals surface area (Å²) in [6, 6.07) is 14.1. The monoisotopic (exact) mass is 485 g/mol. The van der Waals surface area contributed by atoms with Gasteiger partial charge in [0.05, 0.1) is 29.9 Å². The van der Waals surface area contributed by atoms with Crippen LogP contribution in [-0.4, -0.2) is 59.8 Å². The maximum atomic E-state index is 6.50. The third kappa shape index (κ3) is 4.81. The van der Waals surface area contributed by atoms with Crippen molar-refractivity contribution >= 4 is 33.9 Å². The number of aromatic nitrogens is 3. The van der Waals surface area contributed by atoms with Gasteiger partial charge in [-0.25, -0.2) is 9.97 Å². The molecule has 8 heteroatoms. The van der Waals surface area contributed by atoms with Gasteiger partial charge in [0.25, 0.3) is 0 Å². The highest BCUT2D eigenvalue weighted by atomic mass is 16.5. The van der Waals surface area contributed by atoms with E-state index in [0.29, 0.717) is 17.4 Å². The predicted molar refractivity (Wildman–Crippen MR) is 148 cm³/mol. The molecule has 3 heterocycles. The van der Waals surface area contributed by atoms with Crippen molar-refractivity contribution in [3.8, 4) is 17.0 Å². The van der Waals surface area contributed by atoms with Gasteiger partial charge in [-0.3, -0.25) is 0 Å². The first-order valence-corrected chi connectivity index (χ1v) is 12.5. The number of nitrogens with one attached hydrogen (secondary N) is 1. The van der Waals surface area contributed by atoms with Crippen LogP contribution in [0.15, 0.2) is 54.9 Å². The van der Waals surface area contributed by atoms with Crippen LogP contribution in [0.1, 0.15) is 13.3 Å². The summed E-state index contributed by atoms with van der Waals surface area (Å²) in [7, 11) is 5.79. The minimum absolute atomic E-state index is 0.488. The fourth-order valence-electron chi connectivity index (χ4n) is 5.06. The zero-order valence-electron chi connectivity index (χ0n) is 21.5. The van der Waals surface area contributed by atoms with E-state index in [1.54, 1.807) is 13.3 Å². The number of likely N-dealkylation sites (N-methyl/N-ethyl adjacent to an activating group) is 1. The lowest BCUT2D eigenvalue weighted by atomic mass is 10.1. The van der Waals surface area contributed by atoms with Crippen molar-refractivity contribution in [2.24, 2.45) is 13.0 Å². The standard InChI is InChI=1S/C28H35N7O/c1-19-10-12-35(17-19)14-13-33(2)26-16-27(36-4)24(15-22(26)29)32-28-30-11-9-23(31-28)21-18-34(3)25-8-6-5-7-20(21)25/h5-9,11,15-16,18-19H,10,12-14,17,29H2,1-4H3,(H,30,31,32). The SMILES string of the molecule is COc1cc(N(C)CCN2CCC(C)C2)c(N)cc1Nc1nccc(-c2cn(C)c3ccccc23)n1. The first-order valence-electron chi connectivity index (χ1n) is 12.5. The largest absolute Gasteiger partial charge is 0.494 e. The van der Waals surface area contributed by atoms with Crippen molar-refractivity contribution in [2.75, 3.05) is 56.3 Å². The summed E-state index contributed by atoms with van der Waals surface area (Å²) in [4.78, 5) is 14.0. The van der Waals surface area contributed by atoms with Gasteiger partial charge in [0, 0.05) is 68.7 Å². The van der Waals surface area contributed by atoms with Gasteiger partial charge in [-0.15, -0.1) is 0 Å². The van der Waals surface area contributed by atoms with E-state index in [9.17, 15) is 0 Å². The Bertz CT molecular complexity index is 1370. The Morgan fingerprint density at radius 2 is 2.06 bits per heavy atom. The van der Waals surface area contributed by atoms with E-state index in [1.165, 1.54) is 19.5 Å². The van der Waals surface area contributed by atoms with Crippen LogP contribution in [-0.2, 0) is 7.05 Å². The molecule has 1 saturated heterocycles. The molecule has 0 bridgehead atoms. The van der Waals surface area contributed by atoms with Crippen LogP contribution in [0.4, 0.5) is 23.0 Å². The van der Waals surface area contributed by atoms with Gasteiger partial charge in [0.2, 0.25) is 5.95 Å². The van der Waals surface area contributed by atoms with Crippen molar-refractivity contribution in [3.05, 3.63) is 54.9 Å². The first-order chi connectivity index (χ1) is 17.4. The smallest absolute Gasteiger partial charge is 0.227 e. The van der Waals surface area contributed by atoms with Crippen molar-refractivity contribution in [1.82, 2.24) is 19.4 Å². The number of anilines is 4. The van der Waals surface area contributed by atoms with E-state index < -0.39 is 0 Å². The number of hydrogen-bond acceptors (Lipinski definition) is 7. The molecule has 0 radical (unpaired) electrons. The number of fused-ring (bicyclic) bond motifs is 1. The summed E-state index contributed by atoms with van der Waals surface area (Å²) in [6.07, 6.45) is 5.15. The van der Waals surface area contributed by atoms with Crippen LogP contribution in [0, 0.1) is 5.92 Å². The number of hydrogen-bond donors (Lipinski definition) is 2. The molecule has 0 amide bonds. The highest BCUT2D eigenvalue weighted by molar-refractivity contribution is 5.95. The summed E-state index contributed by atoms with van der Waals surface area (Å²) >= 11 is 0. The van der Waals surface area contributed by atoms with Crippen LogP contribution < -0.4 is 20.7 Å². The molecule has 188 valence electrons. The van der Waals surface area contributed by atoms with Gasteiger partial charge in [-0.1, -0.05) is 25.1 Å². The molecule has 1 atom stereocenters. The molecule has 4 aromatic rings. The van der Waals surface area contributed by atoms with Gasteiger partial charge in [-0.05, 0) is 37.1 Å². The molecule has 1 aliphatic rings. The zero-order chi connectivity index (χ0) is 25.2. The minimum Gasteiger partial charge on any atom is -0.494 e. The predicted octanol–water partition coefficient (Wildman–Crippen LogP) is 4.75. The molecule has 36 heavy (non-hydrogen) atoms. The second kappa shape index (κ2) is 10.1. The lowest BCUT2D eigenvalue weighted by Gasteiger charge is -2.25. The quantitative estimate of drug-likeness (QED) is 0.349. The Labute approximate surface area is 212 Å². The molecule has 0 aliphatic carbocycles. The summed E-state index contributed by atoms with van der Waals surface area (Å²) in [6.45, 7) is 6.60. The molecule has 2 aromatic heterocycles. The Morgan fingerprint density at radius 1 is 1.22 bits per heavy atom. The highest BCUT2D eigenvalue weighted by Crippen LogP contribution is 2.36. The summed E-state index contributed by atoms with van der Waals surface area (Å²) in [5.41, 5.74) is 11.9. The van der Waals surface area contributed by atoms with Gasteiger partial charge in [0.15, 0.2) is 0 Å². The molecule has 5 rings (SSSR count). The van der Waals surface area contributed by atoms with E-state index in [4.69, 9.17) is 15.5 Å². The van der Waals surface area contributed by atoms with Gasteiger partial charge >= 0.3 is 0 Å². The highest BCUT2D eigenvalue weighted by Gasteiger charge is 2.20. The van der Waals surface area contributed by atoms with E-state index in [2.05, 4.69) is 57.0 Å². The number of ether oxygens (including phenoxy) is 1. The third-order valence-corrected chi connectivity index (χ3v) is 7.09. The Morgan fingerprint density at radius 3 is 2.83 bits per heavy atom. The van der Waals surface area contributed by atoms with Crippen LogP contribution in [0.5, 0.6) is 5.75 Å². The number of aryl methyl sites for hydroxylation is 1. The molecular weight excluding hydrogens is 450 g/mol. The van der Waals surface area contributed by atoms with Gasteiger partial charge in [-0.2, -0.15) is 0 Å². The van der Waals surface area contributed by atoms with Gasteiger partial charge in [0.1, 0.15) is 5.75 Å². The molecule has 3 N–H and O–H groups in total. The first kappa shape index (κ1) is 23.9. The summed E-state index contributed by atoms with van der Waals surface area (Å²) in [5.74, 6) is 1.97. The maximum absolute atomic E-state index is 6.50. The second-order valence-electron chi connectivity index (χ2n) is 9.79. The number of nitrogens with zero attached hydrogens (tertiary/aromatic N) is 5. The van der Waals surface area contributed by atoms with Crippen molar-refractivity contribution in [1.29, 1.82) is 0 Å². The maximum Gasteiger partial charge on any atom is 0.227 e. The molecular formula is C28H35N7O. The number of nitrogens with two attached hydrogens (primary N) is 1. The third-order valence-electron chi connectivity index (χ3n) is 7.09. The van der Waals surface area contributed by atoms with Crippen LogP contribution in [0.2, 0.25) is 0 Å². The fraction of sp³-hybridized carbons (Fsp3) is 0.357. The summed E-state index contributed by atoms with van der Waals surface area (Å²) < 4.78 is 7.83. The molecule has 0 saturated carbocycles. The molecule has 1 fully saturated rings. The number of benzene rings is 2. The van der Waals surface area contributed by atoms with E-state index in [1.807, 2.05) is 37.4 Å². The lowest BCUT2D eigenvalue weighted by Crippen LogP contribution is -2.32. The van der Waals surface area contributed by atoms with E-state index in [-0.39, 0.29) is 0 Å². The minimum atomic E-state index is 0.488. The van der Waals surface area contributed by atoms with Crippen LogP contribution >= 0.6 is 0 Å².